The van der Waals surface area contributed by atoms with Gasteiger partial charge in [0.2, 0.25) is 5.91 Å². The molecule has 5 fully saturated rings. The number of hydrogen-bond donors (Lipinski definition) is 2. The van der Waals surface area contributed by atoms with Gasteiger partial charge in [-0.2, -0.15) is 0 Å². The van der Waals surface area contributed by atoms with Crippen LogP contribution in [-0.2, 0) is 14.3 Å². The molecule has 2 aliphatic heterocycles. The molecule has 3 unspecified atom stereocenters. The fraction of sp³-hybridized carbons (Fsp3) is 0.920. The lowest BCUT2D eigenvalue weighted by Crippen LogP contribution is -2.54. The Morgan fingerprint density at radius 3 is 2.27 bits per heavy atom. The van der Waals surface area contributed by atoms with Crippen LogP contribution in [0.25, 0.3) is 0 Å². The maximum Gasteiger partial charge on any atom is 0.254 e. The number of amides is 2. The van der Waals surface area contributed by atoms with E-state index >= 15 is 0 Å². The van der Waals surface area contributed by atoms with Gasteiger partial charge >= 0.3 is 0 Å². The van der Waals surface area contributed by atoms with Gasteiger partial charge in [-0.05, 0) is 82.5 Å². The van der Waals surface area contributed by atoms with E-state index in [1.807, 2.05) is 11.8 Å². The summed E-state index contributed by atoms with van der Waals surface area (Å²) in [5.74, 6) is 2.62. The summed E-state index contributed by atoms with van der Waals surface area (Å²) < 4.78 is 5.63. The lowest BCUT2D eigenvalue weighted by atomic mass is 9.67. The normalized spacial score (nSPS) is 36.5. The van der Waals surface area contributed by atoms with E-state index in [9.17, 15) is 14.7 Å². The van der Waals surface area contributed by atoms with E-state index in [0.29, 0.717) is 57.7 Å². The van der Waals surface area contributed by atoms with Crippen LogP contribution >= 0.6 is 0 Å². The van der Waals surface area contributed by atoms with E-state index in [0.717, 1.165) is 43.7 Å². The van der Waals surface area contributed by atoms with E-state index in [1.54, 1.807) is 4.90 Å². The van der Waals surface area contributed by atoms with Gasteiger partial charge in [0.15, 0.2) is 0 Å². The van der Waals surface area contributed by atoms with Crippen LogP contribution in [0.15, 0.2) is 0 Å². The molecule has 186 valence electrons. The van der Waals surface area contributed by atoms with Gasteiger partial charge < -0.3 is 19.6 Å². The van der Waals surface area contributed by atoms with Crippen LogP contribution < -0.4 is 5.43 Å². The predicted octanol–water partition coefficient (Wildman–Crippen LogP) is 1.59. The molecule has 0 aromatic rings. The minimum atomic E-state index is -1.10. The summed E-state index contributed by atoms with van der Waals surface area (Å²) in [7, 11) is 0. The van der Waals surface area contributed by atoms with Crippen molar-refractivity contribution >= 4 is 11.8 Å². The van der Waals surface area contributed by atoms with E-state index in [1.165, 1.54) is 32.1 Å². The predicted molar refractivity (Wildman–Crippen MR) is 124 cm³/mol. The summed E-state index contributed by atoms with van der Waals surface area (Å²) in [5.41, 5.74) is 2.46. The zero-order chi connectivity index (χ0) is 23.0. The van der Waals surface area contributed by atoms with Crippen LogP contribution in [-0.4, -0.2) is 89.4 Å². The van der Waals surface area contributed by atoms with E-state index in [4.69, 9.17) is 4.74 Å². The molecule has 8 nitrogen and oxygen atoms in total. The van der Waals surface area contributed by atoms with Gasteiger partial charge in [0.1, 0.15) is 12.3 Å². The van der Waals surface area contributed by atoms with Crippen molar-refractivity contribution in [2.24, 2.45) is 23.7 Å². The third-order valence-corrected chi connectivity index (χ3v) is 9.16. The topological polar surface area (TPSA) is 85.4 Å². The maximum atomic E-state index is 13.1. The average Bonchev–Trinajstić information content (AvgIpc) is 3.49. The molecule has 0 aromatic heterocycles. The van der Waals surface area contributed by atoms with Crippen LogP contribution in [0.5, 0.6) is 0 Å². The van der Waals surface area contributed by atoms with Crippen molar-refractivity contribution < 1.29 is 19.4 Å². The minimum absolute atomic E-state index is 0.136. The number of rotatable bonds is 6. The summed E-state index contributed by atoms with van der Waals surface area (Å²) in [6.45, 7) is 6.91. The highest BCUT2D eigenvalue weighted by Crippen LogP contribution is 2.44. The fourth-order valence-electron chi connectivity index (χ4n) is 6.88. The summed E-state index contributed by atoms with van der Waals surface area (Å²) in [5, 5.41) is 12.4. The highest BCUT2D eigenvalue weighted by molar-refractivity contribution is 5.88. The Kier molecular flexibility index (Phi) is 6.98. The SMILES string of the molecule is CCOCN1NCC2CC(C3CCC(C(=O)N4CCN(C(=O)C5(O)CC5)CC4)CC3)CCC21. The lowest BCUT2D eigenvalue weighted by Gasteiger charge is -2.41. The van der Waals surface area contributed by atoms with Gasteiger partial charge in [-0.15, -0.1) is 0 Å². The maximum absolute atomic E-state index is 13.1. The van der Waals surface area contributed by atoms with Crippen molar-refractivity contribution in [3.8, 4) is 0 Å². The van der Waals surface area contributed by atoms with Crippen molar-refractivity contribution in [2.75, 3.05) is 46.1 Å². The van der Waals surface area contributed by atoms with Crippen molar-refractivity contribution in [3.63, 3.8) is 0 Å². The molecule has 33 heavy (non-hydrogen) atoms. The van der Waals surface area contributed by atoms with Gasteiger partial charge in [-0.1, -0.05) is 0 Å². The highest BCUT2D eigenvalue weighted by Gasteiger charge is 2.50. The van der Waals surface area contributed by atoms with Crippen LogP contribution in [0.1, 0.15) is 64.7 Å². The number of ether oxygens (including phenoxy) is 1. The molecule has 0 aromatic carbocycles. The van der Waals surface area contributed by atoms with Crippen LogP contribution in [0, 0.1) is 23.7 Å². The number of carbonyl (C=O) groups is 2. The molecule has 5 rings (SSSR count). The van der Waals surface area contributed by atoms with Gasteiger partial charge in [0.05, 0.1) is 0 Å². The fourth-order valence-corrected chi connectivity index (χ4v) is 6.88. The van der Waals surface area contributed by atoms with Gasteiger partial charge in [0.25, 0.3) is 5.91 Å². The molecule has 3 saturated carbocycles. The highest BCUT2D eigenvalue weighted by atomic mass is 16.5. The first-order valence-electron chi connectivity index (χ1n) is 13.4. The Bertz CT molecular complexity index is 713. The molecule has 8 heteroatoms. The lowest BCUT2D eigenvalue weighted by molar-refractivity contribution is -0.148. The van der Waals surface area contributed by atoms with Crippen molar-refractivity contribution in [2.45, 2.75) is 76.4 Å². The third kappa shape index (κ3) is 4.95. The van der Waals surface area contributed by atoms with E-state index in [2.05, 4.69) is 10.4 Å². The number of hydrogen-bond acceptors (Lipinski definition) is 6. The van der Waals surface area contributed by atoms with Crippen molar-refractivity contribution in [1.82, 2.24) is 20.2 Å². The molecular weight excluding hydrogens is 420 g/mol. The number of aliphatic hydroxyl groups is 1. The molecule has 2 N–H and O–H groups in total. The van der Waals surface area contributed by atoms with Gasteiger partial charge in [-0.25, -0.2) is 5.01 Å². The minimum Gasteiger partial charge on any atom is -0.380 e. The second kappa shape index (κ2) is 9.80. The Morgan fingerprint density at radius 2 is 1.61 bits per heavy atom. The largest absolute Gasteiger partial charge is 0.380 e. The summed E-state index contributed by atoms with van der Waals surface area (Å²) in [6.07, 6.45) is 9.43. The van der Waals surface area contributed by atoms with E-state index in [-0.39, 0.29) is 11.8 Å². The van der Waals surface area contributed by atoms with Crippen LogP contribution in [0.4, 0.5) is 0 Å². The number of nitrogens with zero attached hydrogens (tertiary/aromatic N) is 3. The Morgan fingerprint density at radius 1 is 0.939 bits per heavy atom. The molecule has 0 spiro atoms. The number of carbonyl (C=O) groups excluding carboxylic acids is 2. The summed E-state index contributed by atoms with van der Waals surface area (Å²) >= 11 is 0. The van der Waals surface area contributed by atoms with Gasteiger partial charge in [0, 0.05) is 51.3 Å². The number of hydrazine groups is 1. The average molecular weight is 463 g/mol. The van der Waals surface area contributed by atoms with Crippen LogP contribution in [0.3, 0.4) is 0 Å². The molecule has 5 aliphatic rings. The van der Waals surface area contributed by atoms with Gasteiger partial charge in [-0.3, -0.25) is 15.0 Å². The summed E-state index contributed by atoms with van der Waals surface area (Å²) in [6, 6.07) is 0.622. The Labute approximate surface area is 197 Å². The number of fused-ring (bicyclic) bond motifs is 1. The molecule has 0 bridgehead atoms. The van der Waals surface area contributed by atoms with E-state index < -0.39 is 5.60 Å². The smallest absolute Gasteiger partial charge is 0.254 e. The van der Waals surface area contributed by atoms with Crippen molar-refractivity contribution in [3.05, 3.63) is 0 Å². The summed E-state index contributed by atoms with van der Waals surface area (Å²) in [4.78, 5) is 29.2. The molecule has 2 amide bonds. The Hall–Kier alpha value is -1.22. The quantitative estimate of drug-likeness (QED) is 0.624. The monoisotopic (exact) mass is 462 g/mol. The first-order chi connectivity index (χ1) is 16.0. The zero-order valence-electron chi connectivity index (χ0n) is 20.2. The van der Waals surface area contributed by atoms with Crippen LogP contribution in [0.2, 0.25) is 0 Å². The molecule has 2 saturated heterocycles. The second-order valence-electron chi connectivity index (χ2n) is 11.1. The number of nitrogens with one attached hydrogen (secondary N) is 1. The second-order valence-corrected chi connectivity index (χ2v) is 11.1. The first-order valence-corrected chi connectivity index (χ1v) is 13.4. The molecule has 3 aliphatic carbocycles. The third-order valence-electron chi connectivity index (χ3n) is 9.16. The standard InChI is InChI=1S/C25H42N4O4/c1-2-33-17-29-22-8-7-20(15-21(22)16-26-29)18-3-5-19(6-4-18)23(30)27-11-13-28(14-12-27)24(31)25(32)9-10-25/h18-22,26,32H,2-17H2,1H3. The van der Waals surface area contributed by atoms with Crippen molar-refractivity contribution in [1.29, 1.82) is 0 Å². The molecular formula is C25H42N4O4. The first kappa shape index (κ1) is 23.5. The number of piperazine rings is 1. The molecule has 2 heterocycles. The molecule has 0 radical (unpaired) electrons. The Balaban J connectivity index is 1.05. The molecule has 3 atom stereocenters. The zero-order valence-corrected chi connectivity index (χ0v) is 20.2.